The number of aryl methyl sites for hydroxylation is 1. The van der Waals surface area contributed by atoms with Gasteiger partial charge in [0.1, 0.15) is 12.3 Å². The standard InChI is InChI=1S/C21H25F3N6O7S/c1-3-12-4-6-13(7-5-12)38(34,35)29-14-8-9-15(30(16(14)31)37-18(33)21(22,23)24)20(2,17(25)32)10-11-36-28-19(26)27/h4-9,29H,3,10-11H2,1-2H3,(H2,25,32)(H4,26,27,28). The van der Waals surface area contributed by atoms with E-state index in [-0.39, 0.29) is 9.63 Å². The van der Waals surface area contributed by atoms with Crippen molar-refractivity contribution < 1.29 is 40.9 Å². The van der Waals surface area contributed by atoms with E-state index >= 15 is 0 Å². The van der Waals surface area contributed by atoms with E-state index in [1.807, 2.05) is 11.6 Å². The van der Waals surface area contributed by atoms with Crippen LogP contribution in [0.2, 0.25) is 0 Å². The lowest BCUT2D eigenvalue weighted by Gasteiger charge is -2.28. The van der Waals surface area contributed by atoms with Gasteiger partial charge < -0.3 is 26.9 Å². The van der Waals surface area contributed by atoms with E-state index in [0.29, 0.717) is 6.42 Å². The van der Waals surface area contributed by atoms with Crippen LogP contribution in [0, 0.1) is 0 Å². The highest BCUT2D eigenvalue weighted by Gasteiger charge is 2.44. The number of guanidine groups is 1. The first-order valence-electron chi connectivity index (χ1n) is 10.7. The summed E-state index contributed by atoms with van der Waals surface area (Å²) < 4.78 is 66.3. The summed E-state index contributed by atoms with van der Waals surface area (Å²) in [7, 11) is -4.40. The normalized spacial score (nSPS) is 13.2. The average Bonchev–Trinajstić information content (AvgIpc) is 2.83. The zero-order chi connectivity index (χ0) is 28.9. The van der Waals surface area contributed by atoms with E-state index in [4.69, 9.17) is 22.0 Å². The molecule has 1 aromatic carbocycles. The van der Waals surface area contributed by atoms with Crippen molar-refractivity contribution in [3.05, 3.63) is 58.0 Å². The third kappa shape index (κ3) is 6.93. The smallest absolute Gasteiger partial charge is 0.393 e. The number of carbonyl (C=O) groups is 2. The fourth-order valence-electron chi connectivity index (χ4n) is 3.09. The first-order valence-corrected chi connectivity index (χ1v) is 12.2. The van der Waals surface area contributed by atoms with Crippen LogP contribution in [0.4, 0.5) is 18.9 Å². The molecular weight excluding hydrogens is 537 g/mol. The van der Waals surface area contributed by atoms with Crippen molar-refractivity contribution >= 4 is 33.5 Å². The molecule has 7 N–H and O–H groups in total. The van der Waals surface area contributed by atoms with E-state index in [1.165, 1.54) is 24.3 Å². The van der Waals surface area contributed by atoms with Crippen LogP contribution in [0.15, 0.2) is 51.2 Å². The highest BCUT2D eigenvalue weighted by molar-refractivity contribution is 7.92. The van der Waals surface area contributed by atoms with E-state index < -0.39 is 69.4 Å². The maximum Gasteiger partial charge on any atom is 0.493 e. The molecule has 208 valence electrons. The highest BCUT2D eigenvalue weighted by Crippen LogP contribution is 2.28. The van der Waals surface area contributed by atoms with E-state index in [1.54, 1.807) is 0 Å². The van der Waals surface area contributed by atoms with Crippen molar-refractivity contribution in [2.45, 2.75) is 43.2 Å². The number of nitrogens with zero attached hydrogens (tertiary/aromatic N) is 2. The Morgan fingerprint density at radius 1 is 1.08 bits per heavy atom. The minimum atomic E-state index is -5.55. The topological polar surface area (TPSA) is 211 Å². The lowest BCUT2D eigenvalue weighted by molar-refractivity contribution is -0.200. The lowest BCUT2D eigenvalue weighted by atomic mass is 9.82. The molecule has 0 fully saturated rings. The number of rotatable bonds is 11. The highest BCUT2D eigenvalue weighted by atomic mass is 32.2. The van der Waals surface area contributed by atoms with Gasteiger partial charge in [0, 0.05) is 6.42 Å². The third-order valence-electron chi connectivity index (χ3n) is 5.31. The SMILES string of the molecule is CCc1ccc(S(=O)(=O)Nc2ccc(C(C)(CCON=C(N)N)C(N)=O)n(OC(=O)C(F)(F)F)c2=O)cc1. The molecule has 0 saturated carbocycles. The number of pyridine rings is 1. The summed E-state index contributed by atoms with van der Waals surface area (Å²) in [5, 5.41) is 3.24. The molecule has 1 unspecified atom stereocenters. The van der Waals surface area contributed by atoms with E-state index in [2.05, 4.69) is 9.99 Å². The number of primary amides is 1. The molecule has 0 saturated heterocycles. The van der Waals surface area contributed by atoms with Crippen LogP contribution in [0.25, 0.3) is 0 Å². The Hall–Kier alpha value is -4.28. The van der Waals surface area contributed by atoms with Crippen LogP contribution in [0.3, 0.4) is 0 Å². The number of anilines is 1. The Morgan fingerprint density at radius 2 is 1.68 bits per heavy atom. The molecule has 1 heterocycles. The molecule has 2 aromatic rings. The average molecular weight is 563 g/mol. The monoisotopic (exact) mass is 562 g/mol. The molecule has 1 amide bonds. The van der Waals surface area contributed by atoms with Crippen molar-refractivity contribution in [2.75, 3.05) is 11.3 Å². The number of aromatic nitrogens is 1. The molecule has 0 bridgehead atoms. The quantitative estimate of drug-likeness (QED) is 0.126. The first-order chi connectivity index (χ1) is 17.5. The molecule has 38 heavy (non-hydrogen) atoms. The van der Waals surface area contributed by atoms with Crippen molar-refractivity contribution in [1.82, 2.24) is 4.73 Å². The van der Waals surface area contributed by atoms with Gasteiger partial charge in [-0.05, 0) is 48.3 Å². The maximum atomic E-state index is 13.1. The molecule has 0 aliphatic rings. The van der Waals surface area contributed by atoms with Gasteiger partial charge in [-0.3, -0.25) is 14.3 Å². The zero-order valence-corrected chi connectivity index (χ0v) is 20.9. The fraction of sp³-hybridized carbons (Fsp3) is 0.333. The molecule has 0 aliphatic carbocycles. The van der Waals surface area contributed by atoms with Gasteiger partial charge in [-0.25, -0.2) is 13.2 Å². The summed E-state index contributed by atoms with van der Waals surface area (Å²) in [6, 6.07) is 7.37. The molecule has 1 atom stereocenters. The number of carbonyl (C=O) groups excluding carboxylic acids is 2. The minimum Gasteiger partial charge on any atom is -0.393 e. The summed E-state index contributed by atoms with van der Waals surface area (Å²) >= 11 is 0. The molecule has 0 spiro atoms. The largest absolute Gasteiger partial charge is 0.493 e. The van der Waals surface area contributed by atoms with Gasteiger partial charge >= 0.3 is 17.7 Å². The predicted molar refractivity (Wildman–Crippen MR) is 128 cm³/mol. The zero-order valence-electron chi connectivity index (χ0n) is 20.1. The molecule has 13 nitrogen and oxygen atoms in total. The molecular formula is C21H25F3N6O7S. The van der Waals surface area contributed by atoms with Crippen LogP contribution in [0.1, 0.15) is 31.5 Å². The van der Waals surface area contributed by atoms with Crippen LogP contribution < -0.4 is 32.3 Å². The van der Waals surface area contributed by atoms with Gasteiger partial charge in [-0.1, -0.05) is 19.1 Å². The summed E-state index contributed by atoms with van der Waals surface area (Å²) in [5.41, 5.74) is 11.6. The number of nitrogens with one attached hydrogen (secondary N) is 1. The van der Waals surface area contributed by atoms with Gasteiger partial charge in [0.25, 0.3) is 10.0 Å². The van der Waals surface area contributed by atoms with Crippen molar-refractivity contribution in [3.63, 3.8) is 0 Å². The van der Waals surface area contributed by atoms with Crippen LogP contribution in [-0.4, -0.2) is 43.8 Å². The van der Waals surface area contributed by atoms with Gasteiger partial charge in [-0.2, -0.15) is 13.2 Å². The van der Waals surface area contributed by atoms with Crippen molar-refractivity contribution in [3.8, 4) is 0 Å². The number of nitrogens with two attached hydrogens (primary N) is 3. The first kappa shape index (κ1) is 29.9. The van der Waals surface area contributed by atoms with Crippen molar-refractivity contribution in [2.24, 2.45) is 22.4 Å². The third-order valence-corrected chi connectivity index (χ3v) is 6.69. The molecule has 1 aromatic heterocycles. The summed E-state index contributed by atoms with van der Waals surface area (Å²) in [6.45, 7) is 2.56. The minimum absolute atomic E-state index is 0.154. The second-order valence-electron chi connectivity index (χ2n) is 8.01. The number of hydrogen-bond donors (Lipinski definition) is 4. The summed E-state index contributed by atoms with van der Waals surface area (Å²) in [5.74, 6) is -4.45. The second-order valence-corrected chi connectivity index (χ2v) is 9.69. The van der Waals surface area contributed by atoms with Gasteiger partial charge in [0.15, 0.2) is 0 Å². The van der Waals surface area contributed by atoms with Crippen molar-refractivity contribution in [1.29, 1.82) is 0 Å². The fourth-order valence-corrected chi connectivity index (χ4v) is 4.14. The second kappa shape index (κ2) is 11.4. The number of sulfonamides is 1. The maximum absolute atomic E-state index is 13.1. The van der Waals surface area contributed by atoms with Crippen LogP contribution in [0.5, 0.6) is 0 Å². The Morgan fingerprint density at radius 3 is 2.18 bits per heavy atom. The molecule has 17 heteroatoms. The Kier molecular flexibility index (Phi) is 8.99. The lowest BCUT2D eigenvalue weighted by Crippen LogP contribution is -2.48. The Bertz CT molecular complexity index is 1390. The predicted octanol–water partition coefficient (Wildman–Crippen LogP) is 0.0671. The van der Waals surface area contributed by atoms with Gasteiger partial charge in [0.05, 0.1) is 16.0 Å². The number of oxime groups is 1. The molecule has 0 aliphatic heterocycles. The molecule has 2 rings (SSSR count). The van der Waals surface area contributed by atoms with Crippen LogP contribution in [-0.2, 0) is 36.3 Å². The Labute approximate surface area is 214 Å². The van der Waals surface area contributed by atoms with E-state index in [0.717, 1.165) is 24.6 Å². The van der Waals surface area contributed by atoms with Gasteiger partial charge in [-0.15, -0.1) is 4.73 Å². The summed E-state index contributed by atoms with van der Waals surface area (Å²) in [6.07, 6.45) is -5.33. The summed E-state index contributed by atoms with van der Waals surface area (Å²) in [4.78, 5) is 45.9. The number of hydrogen-bond acceptors (Lipinski definition) is 8. The number of halogens is 3. The number of alkyl halides is 3. The number of benzene rings is 1. The van der Waals surface area contributed by atoms with E-state index in [9.17, 15) is 36.0 Å². The van der Waals surface area contributed by atoms with Crippen LogP contribution >= 0.6 is 0 Å². The Balaban J connectivity index is 2.62. The molecule has 0 radical (unpaired) electrons. The van der Waals surface area contributed by atoms with Gasteiger partial charge in [0.2, 0.25) is 11.9 Å². The number of amides is 1.